The van der Waals surface area contributed by atoms with Crippen LogP contribution in [0.4, 0.5) is 0 Å². The zero-order chi connectivity index (χ0) is 20.0. The molecule has 1 aromatic rings. The molecule has 0 aliphatic carbocycles. The zero-order valence-electron chi connectivity index (χ0n) is 15.9. The second-order valence-electron chi connectivity index (χ2n) is 6.91. The first-order chi connectivity index (χ1) is 12.8. The largest absolute Gasteiger partial charge is 0.481 e. The summed E-state index contributed by atoms with van der Waals surface area (Å²) in [6.45, 7) is 5.36. The van der Waals surface area contributed by atoms with Gasteiger partial charge in [-0.05, 0) is 36.5 Å². The van der Waals surface area contributed by atoms with Crippen LogP contribution < -0.4 is 0 Å². The van der Waals surface area contributed by atoms with Crippen LogP contribution in [-0.2, 0) is 19.6 Å². The smallest absolute Gasteiger partial charge is 0.303 e. The third kappa shape index (κ3) is 5.52. The monoisotopic (exact) mass is 396 g/mol. The predicted octanol–water partition coefficient (Wildman–Crippen LogP) is 2.29. The van der Waals surface area contributed by atoms with Crippen LogP contribution >= 0.6 is 0 Å². The number of amides is 1. The molecule has 2 rings (SSSR count). The van der Waals surface area contributed by atoms with Gasteiger partial charge in [0.2, 0.25) is 15.9 Å². The quantitative estimate of drug-likeness (QED) is 0.727. The number of nitrogens with zero attached hydrogens (tertiary/aromatic N) is 2. The predicted molar refractivity (Wildman–Crippen MR) is 102 cm³/mol. The third-order valence-electron chi connectivity index (χ3n) is 5.07. The maximum atomic E-state index is 12.8. The fourth-order valence-corrected chi connectivity index (χ4v) is 4.50. The number of hydrogen-bond donors (Lipinski definition) is 1. The van der Waals surface area contributed by atoms with E-state index in [0.717, 1.165) is 12.0 Å². The average Bonchev–Trinajstić information content (AvgIpc) is 2.67. The van der Waals surface area contributed by atoms with Gasteiger partial charge in [-0.1, -0.05) is 26.0 Å². The number of carbonyl (C=O) groups is 2. The number of carbonyl (C=O) groups excluding carboxylic acids is 1. The van der Waals surface area contributed by atoms with E-state index in [0.29, 0.717) is 25.4 Å². The summed E-state index contributed by atoms with van der Waals surface area (Å²) in [5.74, 6) is -0.651. The molecule has 1 aliphatic rings. The highest BCUT2D eigenvalue weighted by Crippen LogP contribution is 2.23. The lowest BCUT2D eigenvalue weighted by Crippen LogP contribution is -2.50. The van der Waals surface area contributed by atoms with Crippen molar-refractivity contribution < 1.29 is 23.1 Å². The Morgan fingerprint density at radius 2 is 1.67 bits per heavy atom. The van der Waals surface area contributed by atoms with Gasteiger partial charge in [-0.3, -0.25) is 9.59 Å². The fourth-order valence-electron chi connectivity index (χ4n) is 3.08. The SMILES string of the molecule is CC[C@@H](C)c1ccc(S(=O)(=O)N2CCN(C(=O)CCCC(=O)O)CC2)cc1. The van der Waals surface area contributed by atoms with Crippen molar-refractivity contribution in [1.82, 2.24) is 9.21 Å². The van der Waals surface area contributed by atoms with Gasteiger partial charge in [-0.25, -0.2) is 8.42 Å². The molecule has 1 heterocycles. The number of rotatable bonds is 8. The molecule has 0 aromatic heterocycles. The molecule has 0 unspecified atom stereocenters. The van der Waals surface area contributed by atoms with E-state index in [-0.39, 0.29) is 36.7 Å². The lowest BCUT2D eigenvalue weighted by atomic mass is 9.99. The second kappa shape index (κ2) is 9.32. The third-order valence-corrected chi connectivity index (χ3v) is 6.98. The minimum Gasteiger partial charge on any atom is -0.481 e. The van der Waals surface area contributed by atoms with Crippen molar-refractivity contribution in [3.8, 4) is 0 Å². The van der Waals surface area contributed by atoms with Crippen LogP contribution in [0.25, 0.3) is 0 Å². The summed E-state index contributed by atoms with van der Waals surface area (Å²) in [5, 5.41) is 8.63. The van der Waals surface area contributed by atoms with E-state index in [1.807, 2.05) is 12.1 Å². The molecule has 0 bridgehead atoms. The number of carboxylic acids is 1. The molecular formula is C19H28N2O5S. The van der Waals surface area contributed by atoms with Gasteiger partial charge in [0.1, 0.15) is 0 Å². The summed E-state index contributed by atoms with van der Waals surface area (Å²) < 4.78 is 27.0. The first-order valence-corrected chi connectivity index (χ1v) is 10.8. The summed E-state index contributed by atoms with van der Waals surface area (Å²) in [4.78, 5) is 24.5. The van der Waals surface area contributed by atoms with E-state index in [4.69, 9.17) is 5.11 Å². The van der Waals surface area contributed by atoms with Crippen LogP contribution in [0.2, 0.25) is 0 Å². The van der Waals surface area contributed by atoms with Gasteiger partial charge in [0.25, 0.3) is 0 Å². The fraction of sp³-hybridized carbons (Fsp3) is 0.579. The lowest BCUT2D eigenvalue weighted by molar-refractivity contribution is -0.137. The molecule has 0 saturated carbocycles. The topological polar surface area (TPSA) is 95.0 Å². The van der Waals surface area contributed by atoms with E-state index in [9.17, 15) is 18.0 Å². The van der Waals surface area contributed by atoms with Crippen LogP contribution in [0.15, 0.2) is 29.2 Å². The Balaban J connectivity index is 1.94. The van der Waals surface area contributed by atoms with Crippen molar-refractivity contribution in [1.29, 1.82) is 0 Å². The Morgan fingerprint density at radius 3 is 2.19 bits per heavy atom. The van der Waals surface area contributed by atoms with Gasteiger partial charge in [0, 0.05) is 39.0 Å². The summed E-state index contributed by atoms with van der Waals surface area (Å²) in [6, 6.07) is 7.03. The minimum absolute atomic E-state index is 0.0350. The van der Waals surface area contributed by atoms with E-state index in [1.54, 1.807) is 17.0 Å². The van der Waals surface area contributed by atoms with Crippen molar-refractivity contribution >= 4 is 21.9 Å². The number of benzene rings is 1. The number of hydrogen-bond acceptors (Lipinski definition) is 4. The molecule has 7 nitrogen and oxygen atoms in total. The first-order valence-electron chi connectivity index (χ1n) is 9.35. The highest BCUT2D eigenvalue weighted by Gasteiger charge is 2.30. The maximum absolute atomic E-state index is 12.8. The number of aliphatic carboxylic acids is 1. The Morgan fingerprint density at radius 1 is 1.07 bits per heavy atom. The van der Waals surface area contributed by atoms with Crippen molar-refractivity contribution in [2.24, 2.45) is 0 Å². The molecule has 1 fully saturated rings. The van der Waals surface area contributed by atoms with E-state index in [1.165, 1.54) is 4.31 Å². The number of carboxylic acid groups (broad SMARTS) is 1. The van der Waals surface area contributed by atoms with E-state index >= 15 is 0 Å². The van der Waals surface area contributed by atoms with Crippen molar-refractivity contribution in [2.45, 2.75) is 50.3 Å². The zero-order valence-corrected chi connectivity index (χ0v) is 16.7. The van der Waals surface area contributed by atoms with Crippen LogP contribution in [0.3, 0.4) is 0 Å². The first kappa shape index (κ1) is 21.4. The Hall–Kier alpha value is -1.93. The molecule has 1 N–H and O–H groups in total. The highest BCUT2D eigenvalue weighted by molar-refractivity contribution is 7.89. The van der Waals surface area contributed by atoms with Gasteiger partial charge >= 0.3 is 5.97 Å². The lowest BCUT2D eigenvalue weighted by Gasteiger charge is -2.34. The van der Waals surface area contributed by atoms with E-state index in [2.05, 4.69) is 13.8 Å². The Kier molecular flexibility index (Phi) is 7.38. The van der Waals surface area contributed by atoms with Crippen molar-refractivity contribution in [3.05, 3.63) is 29.8 Å². The summed E-state index contributed by atoms with van der Waals surface area (Å²) >= 11 is 0. The molecule has 1 aromatic carbocycles. The maximum Gasteiger partial charge on any atom is 0.303 e. The molecule has 27 heavy (non-hydrogen) atoms. The Bertz CT molecular complexity index is 753. The van der Waals surface area contributed by atoms with Gasteiger partial charge in [-0.2, -0.15) is 4.31 Å². The van der Waals surface area contributed by atoms with Gasteiger partial charge < -0.3 is 10.0 Å². The van der Waals surface area contributed by atoms with Crippen LogP contribution in [0.1, 0.15) is 51.0 Å². The summed E-state index contributed by atoms with van der Waals surface area (Å²) in [6.07, 6.45) is 1.44. The van der Waals surface area contributed by atoms with Crippen molar-refractivity contribution in [2.75, 3.05) is 26.2 Å². The normalized spacial score (nSPS) is 16.9. The number of piperazine rings is 1. The molecule has 1 aliphatic heterocycles. The van der Waals surface area contributed by atoms with Crippen LogP contribution in [-0.4, -0.2) is 60.8 Å². The van der Waals surface area contributed by atoms with Crippen LogP contribution in [0.5, 0.6) is 0 Å². The molecule has 1 amide bonds. The molecule has 8 heteroatoms. The average molecular weight is 397 g/mol. The summed E-state index contributed by atoms with van der Waals surface area (Å²) in [5.41, 5.74) is 1.12. The Labute approximate surface area is 161 Å². The standard InChI is InChI=1S/C19H28N2O5S/c1-3-15(2)16-7-9-17(10-8-16)27(25,26)21-13-11-20(12-14-21)18(22)5-4-6-19(23)24/h7-10,15H,3-6,11-14H2,1-2H3,(H,23,24)/t15-/m1/s1. The molecule has 0 radical (unpaired) electrons. The molecule has 1 atom stereocenters. The molecule has 0 spiro atoms. The summed E-state index contributed by atoms with van der Waals surface area (Å²) in [7, 11) is -3.57. The van der Waals surface area contributed by atoms with Gasteiger partial charge in [0.05, 0.1) is 4.90 Å². The molecule has 150 valence electrons. The van der Waals surface area contributed by atoms with Crippen LogP contribution in [0, 0.1) is 0 Å². The minimum atomic E-state index is -3.57. The molecular weight excluding hydrogens is 368 g/mol. The van der Waals surface area contributed by atoms with Gasteiger partial charge in [0.15, 0.2) is 0 Å². The highest BCUT2D eigenvalue weighted by atomic mass is 32.2. The van der Waals surface area contributed by atoms with Gasteiger partial charge in [-0.15, -0.1) is 0 Å². The van der Waals surface area contributed by atoms with E-state index < -0.39 is 16.0 Å². The second-order valence-corrected chi connectivity index (χ2v) is 8.85. The van der Waals surface area contributed by atoms with Crippen molar-refractivity contribution in [3.63, 3.8) is 0 Å². The number of sulfonamides is 1. The molecule has 1 saturated heterocycles.